The lowest BCUT2D eigenvalue weighted by atomic mass is 10.3. The maximum absolute atomic E-state index is 12.8. The Morgan fingerprint density at radius 2 is 2.12 bits per heavy atom. The summed E-state index contributed by atoms with van der Waals surface area (Å²) >= 11 is 0. The van der Waals surface area contributed by atoms with Gasteiger partial charge in [0.2, 0.25) is 0 Å². The number of nitrogens with one attached hydrogen (secondary N) is 1. The van der Waals surface area contributed by atoms with Crippen LogP contribution in [0.2, 0.25) is 0 Å². The van der Waals surface area contributed by atoms with Crippen LogP contribution in [0.25, 0.3) is 0 Å². The van der Waals surface area contributed by atoms with Gasteiger partial charge in [-0.3, -0.25) is 9.48 Å². The van der Waals surface area contributed by atoms with E-state index in [1.165, 1.54) is 41.2 Å². The van der Waals surface area contributed by atoms with Crippen molar-refractivity contribution in [2.45, 2.75) is 6.61 Å². The number of hydrogen-bond donors (Lipinski definition) is 1. The third-order valence-electron chi connectivity index (χ3n) is 3.37. The quantitative estimate of drug-likeness (QED) is 0.771. The first-order valence-electron chi connectivity index (χ1n) is 7.27. The van der Waals surface area contributed by atoms with Crippen molar-refractivity contribution >= 4 is 11.7 Å². The molecule has 0 aliphatic rings. The molecular formula is C17H13FN4O3. The number of hydrogen-bond acceptors (Lipinski definition) is 5. The zero-order valence-corrected chi connectivity index (χ0v) is 13.2. The molecule has 3 aromatic rings. The molecule has 8 heteroatoms. The first-order valence-corrected chi connectivity index (χ1v) is 7.27. The van der Waals surface area contributed by atoms with Gasteiger partial charge >= 0.3 is 0 Å². The zero-order valence-electron chi connectivity index (χ0n) is 13.2. The summed E-state index contributed by atoms with van der Waals surface area (Å²) in [5.74, 6) is 0.414. The summed E-state index contributed by atoms with van der Waals surface area (Å²) in [6.45, 7) is 0.0913. The first-order chi connectivity index (χ1) is 12.1. The molecular weight excluding hydrogens is 327 g/mol. The normalized spacial score (nSPS) is 10.3. The zero-order chi connectivity index (χ0) is 17.8. The number of amides is 1. The van der Waals surface area contributed by atoms with Gasteiger partial charge in [-0.2, -0.15) is 10.4 Å². The molecule has 126 valence electrons. The minimum atomic E-state index is -0.506. The van der Waals surface area contributed by atoms with Crippen molar-refractivity contribution in [3.8, 4) is 11.8 Å². The average molecular weight is 340 g/mol. The molecule has 1 N–H and O–H groups in total. The number of furan rings is 1. The lowest BCUT2D eigenvalue weighted by molar-refractivity contribution is 0.0991. The van der Waals surface area contributed by atoms with E-state index in [0.29, 0.717) is 11.5 Å². The van der Waals surface area contributed by atoms with Gasteiger partial charge in [0, 0.05) is 7.05 Å². The average Bonchev–Trinajstić information content (AvgIpc) is 3.22. The van der Waals surface area contributed by atoms with Crippen LogP contribution >= 0.6 is 0 Å². The maximum Gasteiger partial charge on any atom is 0.292 e. The minimum absolute atomic E-state index is 0.0720. The summed E-state index contributed by atoms with van der Waals surface area (Å²) < 4.78 is 25.1. The predicted octanol–water partition coefficient (Wildman–Crippen LogP) is 2.86. The molecule has 25 heavy (non-hydrogen) atoms. The highest BCUT2D eigenvalue weighted by atomic mass is 19.1. The highest BCUT2D eigenvalue weighted by Crippen LogP contribution is 2.17. The summed E-state index contributed by atoms with van der Waals surface area (Å²) in [5, 5.41) is 15.5. The molecule has 0 aliphatic heterocycles. The van der Waals surface area contributed by atoms with E-state index in [-0.39, 0.29) is 29.6 Å². The smallest absolute Gasteiger partial charge is 0.292 e. The van der Waals surface area contributed by atoms with E-state index < -0.39 is 5.91 Å². The minimum Gasteiger partial charge on any atom is -0.486 e. The molecule has 1 amide bonds. The number of carbonyl (C=O) groups excluding carboxylic acids is 1. The molecule has 0 unspecified atom stereocenters. The number of nitriles is 1. The van der Waals surface area contributed by atoms with E-state index in [2.05, 4.69) is 10.4 Å². The van der Waals surface area contributed by atoms with Crippen molar-refractivity contribution in [2.24, 2.45) is 7.05 Å². The fourth-order valence-electron chi connectivity index (χ4n) is 2.10. The van der Waals surface area contributed by atoms with E-state index in [0.717, 1.165) is 0 Å². The van der Waals surface area contributed by atoms with E-state index in [1.54, 1.807) is 13.1 Å². The van der Waals surface area contributed by atoms with E-state index in [4.69, 9.17) is 14.4 Å². The van der Waals surface area contributed by atoms with Crippen molar-refractivity contribution in [1.29, 1.82) is 5.26 Å². The first kappa shape index (κ1) is 16.3. The number of ether oxygens (including phenoxy) is 1. The SMILES string of the molecule is Cn1ncc(C#N)c1NC(=O)c1ccc(COc2ccc(F)cc2)o1. The fraction of sp³-hybridized carbons (Fsp3) is 0.118. The second-order valence-electron chi connectivity index (χ2n) is 5.10. The lowest BCUT2D eigenvalue weighted by Gasteiger charge is -2.05. The van der Waals surface area contributed by atoms with Crippen molar-refractivity contribution in [2.75, 3.05) is 5.32 Å². The molecule has 0 saturated heterocycles. The number of aromatic nitrogens is 2. The van der Waals surface area contributed by atoms with Crippen LogP contribution in [0.15, 0.2) is 47.0 Å². The molecule has 0 spiro atoms. The summed E-state index contributed by atoms with van der Waals surface area (Å²) in [6, 6.07) is 10.6. The third-order valence-corrected chi connectivity index (χ3v) is 3.37. The van der Waals surface area contributed by atoms with E-state index in [1.807, 2.05) is 6.07 Å². The van der Waals surface area contributed by atoms with Crippen LogP contribution in [0.3, 0.4) is 0 Å². The molecule has 0 aliphatic carbocycles. The Balaban J connectivity index is 1.64. The van der Waals surface area contributed by atoms with E-state index >= 15 is 0 Å². The number of benzene rings is 1. The van der Waals surface area contributed by atoms with Gasteiger partial charge < -0.3 is 14.5 Å². The Bertz CT molecular complexity index is 938. The van der Waals surface area contributed by atoms with Crippen LogP contribution in [-0.4, -0.2) is 15.7 Å². The molecule has 2 heterocycles. The summed E-state index contributed by atoms with van der Waals surface area (Å²) in [7, 11) is 1.61. The van der Waals surface area contributed by atoms with Gasteiger partial charge in [-0.15, -0.1) is 0 Å². The molecule has 3 rings (SSSR count). The largest absolute Gasteiger partial charge is 0.486 e. The molecule has 0 saturated carbocycles. The Hall–Kier alpha value is -3.60. The second-order valence-corrected chi connectivity index (χ2v) is 5.10. The fourth-order valence-corrected chi connectivity index (χ4v) is 2.10. The molecule has 1 aromatic carbocycles. The van der Waals surface area contributed by atoms with Crippen LogP contribution in [0.5, 0.6) is 5.75 Å². The number of anilines is 1. The Morgan fingerprint density at radius 3 is 2.84 bits per heavy atom. The standard InChI is InChI=1S/C17H13FN4O3/c1-22-16(11(8-19)9-20-22)21-17(23)15-7-6-14(25-15)10-24-13-4-2-12(18)3-5-13/h2-7,9H,10H2,1H3,(H,21,23). The molecule has 0 bridgehead atoms. The van der Waals surface area contributed by atoms with Crippen LogP contribution in [0.4, 0.5) is 10.2 Å². The van der Waals surface area contributed by atoms with Gasteiger partial charge in [0.05, 0.1) is 6.20 Å². The van der Waals surface area contributed by atoms with Crippen molar-refractivity contribution in [3.63, 3.8) is 0 Å². The number of aryl methyl sites for hydroxylation is 1. The van der Waals surface area contributed by atoms with Gasteiger partial charge in [0.1, 0.15) is 41.4 Å². The summed E-state index contributed by atoms with van der Waals surface area (Å²) in [6.07, 6.45) is 1.36. The molecule has 2 aromatic heterocycles. The highest BCUT2D eigenvalue weighted by molar-refractivity contribution is 6.02. The predicted molar refractivity (Wildman–Crippen MR) is 85.3 cm³/mol. The van der Waals surface area contributed by atoms with Crippen LogP contribution in [0.1, 0.15) is 21.9 Å². The monoisotopic (exact) mass is 340 g/mol. The second kappa shape index (κ2) is 6.88. The maximum atomic E-state index is 12.8. The van der Waals surface area contributed by atoms with Crippen molar-refractivity contribution in [3.05, 3.63) is 65.5 Å². The molecule has 0 fully saturated rings. The van der Waals surface area contributed by atoms with Crippen molar-refractivity contribution in [1.82, 2.24) is 9.78 Å². The number of halogens is 1. The van der Waals surface area contributed by atoms with Gasteiger partial charge in [0.15, 0.2) is 5.76 Å². The van der Waals surface area contributed by atoms with Gasteiger partial charge in [0.25, 0.3) is 5.91 Å². The molecule has 0 atom stereocenters. The van der Waals surface area contributed by atoms with Crippen LogP contribution in [-0.2, 0) is 13.7 Å². The summed E-state index contributed by atoms with van der Waals surface area (Å²) in [4.78, 5) is 12.2. The number of carbonyl (C=O) groups is 1. The topological polar surface area (TPSA) is 93.1 Å². The summed E-state index contributed by atoms with van der Waals surface area (Å²) in [5.41, 5.74) is 0.252. The van der Waals surface area contributed by atoms with Gasteiger partial charge in [-0.25, -0.2) is 4.39 Å². The Morgan fingerprint density at radius 1 is 1.36 bits per heavy atom. The number of rotatable bonds is 5. The number of nitrogens with zero attached hydrogens (tertiary/aromatic N) is 3. The van der Waals surface area contributed by atoms with Gasteiger partial charge in [-0.1, -0.05) is 0 Å². The highest BCUT2D eigenvalue weighted by Gasteiger charge is 2.16. The molecule has 7 nitrogen and oxygen atoms in total. The van der Waals surface area contributed by atoms with Crippen LogP contribution in [0, 0.1) is 17.1 Å². The molecule has 0 radical (unpaired) electrons. The van der Waals surface area contributed by atoms with E-state index in [9.17, 15) is 9.18 Å². The van der Waals surface area contributed by atoms with Crippen molar-refractivity contribution < 1.29 is 18.3 Å². The Kier molecular flexibility index (Phi) is 4.48. The van der Waals surface area contributed by atoms with Gasteiger partial charge in [-0.05, 0) is 36.4 Å². The van der Waals surface area contributed by atoms with Crippen LogP contribution < -0.4 is 10.1 Å². The Labute approximate surface area is 142 Å². The lowest BCUT2D eigenvalue weighted by Crippen LogP contribution is -2.14. The third kappa shape index (κ3) is 3.67.